The van der Waals surface area contributed by atoms with Gasteiger partial charge in [-0.15, -0.1) is 11.3 Å². The molecule has 0 fully saturated rings. The molecule has 0 aliphatic heterocycles. The van der Waals surface area contributed by atoms with Gasteiger partial charge in [-0.25, -0.2) is 0 Å². The van der Waals surface area contributed by atoms with Gasteiger partial charge in [-0.1, -0.05) is 121 Å². The summed E-state index contributed by atoms with van der Waals surface area (Å²) < 4.78 is 5.08. The number of anilines is 3. The topological polar surface area (TPSA) is 8.17 Å². The van der Waals surface area contributed by atoms with Gasteiger partial charge < -0.3 is 9.47 Å². The monoisotopic (exact) mass is 668 g/mol. The molecule has 0 unspecified atom stereocenters. The molecule has 0 N–H and O–H groups in total. The molecule has 0 aliphatic rings. The molecule has 0 saturated carbocycles. The Hall–Kier alpha value is -6.42. The summed E-state index contributed by atoms with van der Waals surface area (Å²) in [6.45, 7) is 0. The number of para-hydroxylation sites is 3. The van der Waals surface area contributed by atoms with Crippen LogP contribution in [0, 0.1) is 0 Å². The third kappa shape index (κ3) is 5.01. The predicted molar refractivity (Wildman–Crippen MR) is 219 cm³/mol. The van der Waals surface area contributed by atoms with Crippen molar-refractivity contribution < 1.29 is 0 Å². The van der Waals surface area contributed by atoms with Crippen molar-refractivity contribution >= 4 is 70.4 Å². The Balaban J connectivity index is 1.02. The van der Waals surface area contributed by atoms with Gasteiger partial charge >= 0.3 is 0 Å². The van der Waals surface area contributed by atoms with Crippen LogP contribution in [0.25, 0.3) is 69.9 Å². The molecular weight excluding hydrogens is 637 g/mol. The molecule has 2 heterocycles. The zero-order chi connectivity index (χ0) is 33.7. The lowest BCUT2D eigenvalue weighted by Crippen LogP contribution is -2.09. The fraction of sp³-hybridized carbons (Fsp3) is 0. The van der Waals surface area contributed by atoms with E-state index in [0.717, 1.165) is 22.7 Å². The van der Waals surface area contributed by atoms with E-state index < -0.39 is 0 Å². The summed E-state index contributed by atoms with van der Waals surface area (Å²) >= 11 is 1.89. The minimum atomic E-state index is 1.13. The molecule has 0 atom stereocenters. The molecule has 0 saturated heterocycles. The van der Waals surface area contributed by atoms with Crippen LogP contribution in [0.1, 0.15) is 0 Å². The largest absolute Gasteiger partial charge is 0.311 e. The van der Waals surface area contributed by atoms with Crippen molar-refractivity contribution in [2.75, 3.05) is 4.90 Å². The van der Waals surface area contributed by atoms with E-state index >= 15 is 0 Å². The molecule has 0 spiro atoms. The van der Waals surface area contributed by atoms with Crippen LogP contribution in [0.4, 0.5) is 17.1 Å². The first kappa shape index (κ1) is 29.5. The average Bonchev–Trinajstić information content (AvgIpc) is 3.75. The zero-order valence-electron chi connectivity index (χ0n) is 27.8. The summed E-state index contributed by atoms with van der Waals surface area (Å²) in [6.07, 6.45) is 0. The van der Waals surface area contributed by atoms with Gasteiger partial charge in [0.2, 0.25) is 0 Å². The van der Waals surface area contributed by atoms with Crippen molar-refractivity contribution in [3.63, 3.8) is 0 Å². The van der Waals surface area contributed by atoms with Gasteiger partial charge in [0.25, 0.3) is 0 Å². The van der Waals surface area contributed by atoms with Gasteiger partial charge in [0.1, 0.15) is 0 Å². The number of nitrogens with zero attached hydrogens (tertiary/aromatic N) is 2. The van der Waals surface area contributed by atoms with Crippen molar-refractivity contribution in [3.8, 4) is 27.9 Å². The highest BCUT2D eigenvalue weighted by Crippen LogP contribution is 2.42. The minimum Gasteiger partial charge on any atom is -0.311 e. The zero-order valence-corrected chi connectivity index (χ0v) is 28.6. The normalized spacial score (nSPS) is 11.5. The number of hydrogen-bond donors (Lipinski definition) is 0. The van der Waals surface area contributed by atoms with Crippen LogP contribution in [-0.4, -0.2) is 4.57 Å². The Morgan fingerprint density at radius 3 is 1.65 bits per heavy atom. The predicted octanol–water partition coefficient (Wildman–Crippen LogP) is 14.0. The summed E-state index contributed by atoms with van der Waals surface area (Å²) in [5.41, 5.74) is 11.9. The maximum atomic E-state index is 2.40. The molecule has 2 aromatic heterocycles. The minimum absolute atomic E-state index is 1.13. The smallest absolute Gasteiger partial charge is 0.0541 e. The maximum Gasteiger partial charge on any atom is 0.0541 e. The molecular formula is C48H32N2S. The average molecular weight is 669 g/mol. The molecule has 2 nitrogen and oxygen atoms in total. The van der Waals surface area contributed by atoms with E-state index in [1.807, 2.05) is 11.3 Å². The lowest BCUT2D eigenvalue weighted by atomic mass is 10.0. The Labute approximate surface area is 300 Å². The number of thiophene rings is 1. The number of rotatable bonds is 6. The van der Waals surface area contributed by atoms with Crippen LogP contribution in [0.2, 0.25) is 0 Å². The van der Waals surface area contributed by atoms with E-state index in [0.29, 0.717) is 0 Å². The second-order valence-corrected chi connectivity index (χ2v) is 14.0. The molecule has 240 valence electrons. The first-order chi connectivity index (χ1) is 25.3. The molecule has 0 aliphatic carbocycles. The molecule has 8 aromatic carbocycles. The summed E-state index contributed by atoms with van der Waals surface area (Å²) in [4.78, 5) is 2.30. The Morgan fingerprint density at radius 2 is 0.922 bits per heavy atom. The van der Waals surface area contributed by atoms with Crippen molar-refractivity contribution in [1.29, 1.82) is 0 Å². The third-order valence-electron chi connectivity index (χ3n) is 10.0. The summed E-state index contributed by atoms with van der Waals surface area (Å²) in [5.74, 6) is 0. The fourth-order valence-corrected chi connectivity index (χ4v) is 8.84. The number of benzene rings is 8. The summed E-state index contributed by atoms with van der Waals surface area (Å²) in [7, 11) is 0. The SMILES string of the molecule is c1ccc(N(c2ccccc2)c2ccc(-c3ccc(-n4c5ccccc5c5cc(-c6cccc7c6sc6ccccc67)ccc54)cc3)cc2)cc1. The lowest BCUT2D eigenvalue weighted by Gasteiger charge is -2.25. The van der Waals surface area contributed by atoms with Crippen LogP contribution in [-0.2, 0) is 0 Å². The molecule has 0 bridgehead atoms. The van der Waals surface area contributed by atoms with E-state index in [-0.39, 0.29) is 0 Å². The molecule has 10 aromatic rings. The van der Waals surface area contributed by atoms with E-state index in [1.165, 1.54) is 64.2 Å². The van der Waals surface area contributed by atoms with Crippen LogP contribution < -0.4 is 4.90 Å². The van der Waals surface area contributed by atoms with E-state index in [2.05, 4.69) is 204 Å². The van der Waals surface area contributed by atoms with Crippen LogP contribution in [0.15, 0.2) is 194 Å². The van der Waals surface area contributed by atoms with Crippen molar-refractivity contribution in [3.05, 3.63) is 194 Å². The molecule has 51 heavy (non-hydrogen) atoms. The van der Waals surface area contributed by atoms with Crippen LogP contribution in [0.3, 0.4) is 0 Å². The number of aromatic nitrogens is 1. The van der Waals surface area contributed by atoms with Gasteiger partial charge in [-0.3, -0.25) is 0 Å². The maximum absolute atomic E-state index is 2.40. The molecule has 0 amide bonds. The number of fused-ring (bicyclic) bond motifs is 6. The molecule has 10 rings (SSSR count). The third-order valence-corrected chi connectivity index (χ3v) is 11.2. The quantitative estimate of drug-likeness (QED) is 0.171. The second-order valence-electron chi connectivity index (χ2n) is 13.0. The highest BCUT2D eigenvalue weighted by atomic mass is 32.1. The van der Waals surface area contributed by atoms with Gasteiger partial charge in [0.05, 0.1) is 11.0 Å². The first-order valence-corrected chi connectivity index (χ1v) is 18.2. The van der Waals surface area contributed by atoms with Gasteiger partial charge in [-0.05, 0) is 95.1 Å². The van der Waals surface area contributed by atoms with Crippen LogP contribution in [0.5, 0.6) is 0 Å². The van der Waals surface area contributed by atoms with E-state index in [1.54, 1.807) is 0 Å². The molecule has 0 radical (unpaired) electrons. The van der Waals surface area contributed by atoms with E-state index in [9.17, 15) is 0 Å². The van der Waals surface area contributed by atoms with Crippen LogP contribution >= 0.6 is 11.3 Å². The standard InChI is InChI=1S/C48H32N2S/c1-3-12-36(13-4-1)49(37-14-5-2-6-15-37)38-27-22-33(23-28-38)34-24-29-39(30-25-34)50-45-20-9-7-16-41(45)44-32-35(26-31-46(44)50)40-18-11-19-43-42-17-8-10-21-47(42)51-48(40)43/h1-32H. The van der Waals surface area contributed by atoms with Gasteiger partial charge in [-0.2, -0.15) is 0 Å². The molecule has 3 heteroatoms. The van der Waals surface area contributed by atoms with E-state index in [4.69, 9.17) is 0 Å². The Bertz CT molecular complexity index is 2790. The first-order valence-electron chi connectivity index (χ1n) is 17.4. The number of hydrogen-bond acceptors (Lipinski definition) is 2. The van der Waals surface area contributed by atoms with Crippen molar-refractivity contribution in [2.24, 2.45) is 0 Å². The fourth-order valence-electron chi connectivity index (χ4n) is 7.60. The Kier molecular flexibility index (Phi) is 7.04. The highest BCUT2D eigenvalue weighted by Gasteiger charge is 2.16. The lowest BCUT2D eigenvalue weighted by molar-refractivity contribution is 1.18. The van der Waals surface area contributed by atoms with Gasteiger partial charge in [0.15, 0.2) is 0 Å². The Morgan fingerprint density at radius 1 is 0.373 bits per heavy atom. The highest BCUT2D eigenvalue weighted by molar-refractivity contribution is 7.26. The van der Waals surface area contributed by atoms with Crippen molar-refractivity contribution in [1.82, 2.24) is 4.57 Å². The summed E-state index contributed by atoms with van der Waals surface area (Å²) in [5, 5.41) is 5.19. The summed E-state index contributed by atoms with van der Waals surface area (Å²) in [6, 6.07) is 70.2. The van der Waals surface area contributed by atoms with Gasteiger partial charge in [0, 0.05) is 53.7 Å². The second kappa shape index (κ2) is 12.2. The van der Waals surface area contributed by atoms with Crippen molar-refractivity contribution in [2.45, 2.75) is 0 Å².